The lowest BCUT2D eigenvalue weighted by atomic mass is 9.87. The van der Waals surface area contributed by atoms with Crippen LogP contribution in [0.2, 0.25) is 0 Å². The summed E-state index contributed by atoms with van der Waals surface area (Å²) in [6, 6.07) is 15.9. The summed E-state index contributed by atoms with van der Waals surface area (Å²) in [5.74, 6) is -0.0557. The van der Waals surface area contributed by atoms with Crippen molar-refractivity contribution < 1.29 is 9.53 Å². The highest BCUT2D eigenvalue weighted by molar-refractivity contribution is 14.1. The van der Waals surface area contributed by atoms with Crippen molar-refractivity contribution in [3.05, 3.63) is 74.5 Å². The minimum atomic E-state index is -0.413. The fourth-order valence-corrected chi connectivity index (χ4v) is 2.93. The number of cyclic esters (lactones) is 1. The first-order valence-electron chi connectivity index (χ1n) is 7.72. The van der Waals surface area contributed by atoms with E-state index in [4.69, 9.17) is 4.74 Å². The van der Waals surface area contributed by atoms with Gasteiger partial charge in [-0.2, -0.15) is 0 Å². The van der Waals surface area contributed by atoms with Crippen LogP contribution in [0, 0.1) is 3.57 Å². The number of rotatable bonds is 2. The average Bonchev–Trinajstić information content (AvgIpc) is 2.88. The molecule has 1 aliphatic heterocycles. The van der Waals surface area contributed by atoms with Gasteiger partial charge in [0.1, 0.15) is 0 Å². The molecule has 24 heavy (non-hydrogen) atoms. The van der Waals surface area contributed by atoms with Gasteiger partial charge in [-0.15, -0.1) is 0 Å². The van der Waals surface area contributed by atoms with Crippen LogP contribution in [0.15, 0.2) is 59.2 Å². The van der Waals surface area contributed by atoms with Gasteiger partial charge in [-0.1, -0.05) is 51.1 Å². The van der Waals surface area contributed by atoms with Gasteiger partial charge in [0, 0.05) is 9.13 Å². The lowest BCUT2D eigenvalue weighted by molar-refractivity contribution is -0.129. The Kier molecular flexibility index (Phi) is 4.58. The lowest BCUT2D eigenvalue weighted by Crippen LogP contribution is -2.10. The summed E-state index contributed by atoms with van der Waals surface area (Å²) in [5, 5.41) is 0. The molecule has 0 N–H and O–H groups in total. The fourth-order valence-electron chi connectivity index (χ4n) is 2.39. The summed E-state index contributed by atoms with van der Waals surface area (Å²) >= 11 is 2.22. The van der Waals surface area contributed by atoms with Crippen molar-refractivity contribution in [1.82, 2.24) is 0 Å². The van der Waals surface area contributed by atoms with Gasteiger partial charge in [-0.25, -0.2) is 9.79 Å². The maximum atomic E-state index is 12.1. The highest BCUT2D eigenvalue weighted by Crippen LogP contribution is 2.24. The van der Waals surface area contributed by atoms with E-state index in [1.54, 1.807) is 6.08 Å². The first kappa shape index (κ1) is 16.9. The Hall–Kier alpha value is -1.95. The maximum Gasteiger partial charge on any atom is 0.363 e. The molecule has 0 radical (unpaired) electrons. The Morgan fingerprint density at radius 1 is 1.08 bits per heavy atom. The standard InChI is InChI=1S/C20H18INO2/c1-20(2,3)15-9-7-13(8-10-15)11-17-19(23)24-18(22-17)14-5-4-6-16(21)12-14/h4-12H,1-3H3/b17-11+. The van der Waals surface area contributed by atoms with Gasteiger partial charge < -0.3 is 4.74 Å². The Morgan fingerprint density at radius 2 is 1.79 bits per heavy atom. The molecule has 0 saturated carbocycles. The van der Waals surface area contributed by atoms with E-state index < -0.39 is 5.97 Å². The van der Waals surface area contributed by atoms with E-state index in [0.717, 1.165) is 14.7 Å². The van der Waals surface area contributed by atoms with Gasteiger partial charge in [0.15, 0.2) is 5.70 Å². The van der Waals surface area contributed by atoms with Crippen molar-refractivity contribution in [2.45, 2.75) is 26.2 Å². The summed E-state index contributed by atoms with van der Waals surface area (Å²) in [6.07, 6.45) is 1.76. The quantitative estimate of drug-likeness (QED) is 0.384. The number of hydrogen-bond acceptors (Lipinski definition) is 3. The van der Waals surface area contributed by atoms with Crippen molar-refractivity contribution in [2.24, 2.45) is 4.99 Å². The Labute approximate surface area is 155 Å². The zero-order valence-electron chi connectivity index (χ0n) is 13.8. The molecule has 4 heteroatoms. The molecule has 122 valence electrons. The molecule has 0 saturated heterocycles. The summed E-state index contributed by atoms with van der Waals surface area (Å²) in [5.41, 5.74) is 3.42. The SMILES string of the molecule is CC(C)(C)c1ccc(/C=C2/N=C(c3cccc(I)c3)OC2=O)cc1. The second-order valence-corrected chi connectivity index (χ2v) is 7.96. The molecule has 0 aliphatic carbocycles. The first-order chi connectivity index (χ1) is 11.3. The Morgan fingerprint density at radius 3 is 2.42 bits per heavy atom. The first-order valence-corrected chi connectivity index (χ1v) is 8.80. The minimum Gasteiger partial charge on any atom is -0.402 e. The number of carbonyl (C=O) groups excluding carboxylic acids is 1. The van der Waals surface area contributed by atoms with Crippen LogP contribution in [-0.4, -0.2) is 11.9 Å². The van der Waals surface area contributed by atoms with Crippen LogP contribution < -0.4 is 0 Å². The van der Waals surface area contributed by atoms with Crippen LogP contribution in [0.4, 0.5) is 0 Å². The van der Waals surface area contributed by atoms with Gasteiger partial charge in [0.25, 0.3) is 0 Å². The molecule has 0 fully saturated rings. The second-order valence-electron chi connectivity index (χ2n) is 6.72. The van der Waals surface area contributed by atoms with E-state index in [9.17, 15) is 4.79 Å². The highest BCUT2D eigenvalue weighted by Gasteiger charge is 2.24. The lowest BCUT2D eigenvalue weighted by Gasteiger charge is -2.18. The molecule has 0 spiro atoms. The molecule has 1 aliphatic rings. The van der Waals surface area contributed by atoms with E-state index in [1.807, 2.05) is 36.4 Å². The second kappa shape index (κ2) is 6.51. The van der Waals surface area contributed by atoms with Crippen LogP contribution in [-0.2, 0) is 14.9 Å². The molecule has 1 heterocycles. The molecule has 0 unspecified atom stereocenters. The van der Waals surface area contributed by atoms with Gasteiger partial charge in [0.2, 0.25) is 5.90 Å². The predicted octanol–water partition coefficient (Wildman–Crippen LogP) is 4.93. The van der Waals surface area contributed by atoms with E-state index in [-0.39, 0.29) is 5.41 Å². The van der Waals surface area contributed by atoms with Crippen molar-refractivity contribution in [3.63, 3.8) is 0 Å². The van der Waals surface area contributed by atoms with Gasteiger partial charge >= 0.3 is 5.97 Å². The van der Waals surface area contributed by atoms with Crippen molar-refractivity contribution in [1.29, 1.82) is 0 Å². The number of hydrogen-bond donors (Lipinski definition) is 0. The van der Waals surface area contributed by atoms with Gasteiger partial charge in [0.05, 0.1) is 0 Å². The number of aliphatic imine (C=N–C) groups is 1. The molecule has 2 aromatic carbocycles. The molecule has 3 nitrogen and oxygen atoms in total. The van der Waals surface area contributed by atoms with E-state index in [1.165, 1.54) is 5.56 Å². The third kappa shape index (κ3) is 3.75. The fraction of sp³-hybridized carbons (Fsp3) is 0.200. The molecule has 0 aromatic heterocycles. The summed E-state index contributed by atoms with van der Waals surface area (Å²) in [6.45, 7) is 6.52. The summed E-state index contributed by atoms with van der Waals surface area (Å²) in [4.78, 5) is 16.4. The smallest absolute Gasteiger partial charge is 0.363 e. The number of carbonyl (C=O) groups is 1. The predicted molar refractivity (Wildman–Crippen MR) is 105 cm³/mol. The normalized spacial score (nSPS) is 16.2. The number of esters is 1. The van der Waals surface area contributed by atoms with E-state index in [2.05, 4.69) is 60.5 Å². The molecule has 0 bridgehead atoms. The summed E-state index contributed by atoms with van der Waals surface area (Å²) in [7, 11) is 0. The topological polar surface area (TPSA) is 38.7 Å². The molecule has 0 amide bonds. The highest BCUT2D eigenvalue weighted by atomic mass is 127. The number of halogens is 1. The van der Waals surface area contributed by atoms with Crippen LogP contribution in [0.1, 0.15) is 37.5 Å². The molecule has 2 aromatic rings. The van der Waals surface area contributed by atoms with Crippen LogP contribution in [0.5, 0.6) is 0 Å². The third-order valence-electron chi connectivity index (χ3n) is 3.77. The zero-order valence-corrected chi connectivity index (χ0v) is 16.0. The zero-order chi connectivity index (χ0) is 17.3. The largest absolute Gasteiger partial charge is 0.402 e. The maximum absolute atomic E-state index is 12.1. The molecular weight excluding hydrogens is 413 g/mol. The van der Waals surface area contributed by atoms with Crippen molar-refractivity contribution >= 4 is 40.5 Å². The van der Waals surface area contributed by atoms with Crippen molar-refractivity contribution in [3.8, 4) is 0 Å². The average molecular weight is 431 g/mol. The molecule has 0 atom stereocenters. The number of nitrogens with zero attached hydrogens (tertiary/aromatic N) is 1. The van der Waals surface area contributed by atoms with Crippen LogP contribution in [0.3, 0.4) is 0 Å². The number of benzene rings is 2. The van der Waals surface area contributed by atoms with E-state index in [0.29, 0.717) is 11.6 Å². The van der Waals surface area contributed by atoms with Gasteiger partial charge in [-0.3, -0.25) is 0 Å². The minimum absolute atomic E-state index is 0.105. The summed E-state index contributed by atoms with van der Waals surface area (Å²) < 4.78 is 6.37. The molecule has 3 rings (SSSR count). The Balaban J connectivity index is 1.88. The van der Waals surface area contributed by atoms with Gasteiger partial charge in [-0.05, 0) is 63.4 Å². The Bertz CT molecular complexity index is 843. The van der Waals surface area contributed by atoms with Crippen LogP contribution >= 0.6 is 22.6 Å². The van der Waals surface area contributed by atoms with E-state index >= 15 is 0 Å². The van der Waals surface area contributed by atoms with Crippen LogP contribution in [0.25, 0.3) is 6.08 Å². The molecular formula is C20H18INO2. The third-order valence-corrected chi connectivity index (χ3v) is 4.44. The van der Waals surface area contributed by atoms with Crippen molar-refractivity contribution in [2.75, 3.05) is 0 Å². The monoisotopic (exact) mass is 431 g/mol. The number of ether oxygens (including phenoxy) is 1.